The Kier molecular flexibility index (Phi) is 1.20. The molecule has 1 atom stereocenters. The number of nitrogens with zero attached hydrogens (tertiary/aromatic N) is 1. The van der Waals surface area contributed by atoms with Crippen LogP contribution in [0, 0.1) is 0 Å². The lowest BCUT2D eigenvalue weighted by atomic mass is 9.94. The van der Waals surface area contributed by atoms with Gasteiger partial charge in [0.1, 0.15) is 0 Å². The van der Waals surface area contributed by atoms with Crippen LogP contribution in [0.5, 0.6) is 0 Å². The van der Waals surface area contributed by atoms with E-state index in [1.54, 1.807) is 0 Å². The zero-order valence-electron chi connectivity index (χ0n) is 7.46. The van der Waals surface area contributed by atoms with E-state index in [9.17, 15) is 0 Å². The van der Waals surface area contributed by atoms with Gasteiger partial charge in [0, 0.05) is 29.4 Å². The Bertz CT molecular complexity index is 395. The molecule has 66 valence electrons. The lowest BCUT2D eigenvalue weighted by molar-refractivity contribution is 0.962. The Hall–Kier alpha value is -1.51. The zero-order valence-corrected chi connectivity index (χ0v) is 7.46. The number of hydrogen-bond donors (Lipinski definition) is 2. The fourth-order valence-corrected chi connectivity index (χ4v) is 2.09. The van der Waals surface area contributed by atoms with Crippen LogP contribution in [0.15, 0.2) is 23.3 Å². The van der Waals surface area contributed by atoms with E-state index >= 15 is 0 Å². The molecule has 0 radical (unpaired) electrons. The highest BCUT2D eigenvalue weighted by Crippen LogP contribution is 2.39. The highest BCUT2D eigenvalue weighted by Gasteiger charge is 2.29. The van der Waals surface area contributed by atoms with Crippen LogP contribution in [0.1, 0.15) is 18.4 Å². The van der Waals surface area contributed by atoms with Gasteiger partial charge in [0.2, 0.25) is 0 Å². The molecule has 2 aliphatic rings. The first-order valence-electron chi connectivity index (χ1n) is 4.53. The SMILES string of the molecule is CC1=NNc2cccc3c2C1CN3. The van der Waals surface area contributed by atoms with E-state index in [0.717, 1.165) is 12.2 Å². The largest absolute Gasteiger partial charge is 0.384 e. The molecule has 0 aliphatic carbocycles. The highest BCUT2D eigenvalue weighted by molar-refractivity contribution is 5.97. The fourth-order valence-electron chi connectivity index (χ4n) is 2.09. The molecule has 1 aromatic rings. The van der Waals surface area contributed by atoms with Crippen LogP contribution >= 0.6 is 0 Å². The summed E-state index contributed by atoms with van der Waals surface area (Å²) in [4.78, 5) is 0. The molecule has 2 aliphatic heterocycles. The molecule has 3 rings (SSSR count). The van der Waals surface area contributed by atoms with Crippen molar-refractivity contribution in [1.29, 1.82) is 0 Å². The summed E-state index contributed by atoms with van der Waals surface area (Å²) in [5.41, 5.74) is 8.03. The van der Waals surface area contributed by atoms with Crippen molar-refractivity contribution in [3.63, 3.8) is 0 Å². The molecule has 0 aromatic heterocycles. The first-order valence-corrected chi connectivity index (χ1v) is 4.53. The molecule has 1 unspecified atom stereocenters. The maximum atomic E-state index is 4.28. The average molecular weight is 173 g/mol. The fraction of sp³-hybridized carbons (Fsp3) is 0.300. The third kappa shape index (κ3) is 0.813. The lowest BCUT2D eigenvalue weighted by Gasteiger charge is -2.19. The first kappa shape index (κ1) is 6.95. The van der Waals surface area contributed by atoms with Crippen LogP contribution < -0.4 is 10.7 Å². The normalized spacial score (nSPS) is 22.8. The van der Waals surface area contributed by atoms with E-state index in [-0.39, 0.29) is 0 Å². The van der Waals surface area contributed by atoms with Gasteiger partial charge >= 0.3 is 0 Å². The van der Waals surface area contributed by atoms with Crippen molar-refractivity contribution in [3.8, 4) is 0 Å². The van der Waals surface area contributed by atoms with Gasteiger partial charge < -0.3 is 5.32 Å². The van der Waals surface area contributed by atoms with Gasteiger partial charge in [0.25, 0.3) is 0 Å². The van der Waals surface area contributed by atoms with Crippen LogP contribution in [-0.2, 0) is 0 Å². The molecule has 2 heterocycles. The summed E-state index contributed by atoms with van der Waals surface area (Å²) >= 11 is 0. The van der Waals surface area contributed by atoms with Gasteiger partial charge in [-0.05, 0) is 19.1 Å². The number of hydrogen-bond acceptors (Lipinski definition) is 3. The minimum Gasteiger partial charge on any atom is -0.384 e. The predicted octanol–water partition coefficient (Wildman–Crippen LogP) is 2.00. The molecule has 0 fully saturated rings. The van der Waals surface area contributed by atoms with Crippen LogP contribution in [0.25, 0.3) is 0 Å². The topological polar surface area (TPSA) is 36.4 Å². The standard InChI is InChI=1S/C10H11N3/c1-6-7-5-11-8-3-2-4-9(10(7)8)13-12-6/h2-4,7,11,13H,5H2,1H3. The van der Waals surface area contributed by atoms with E-state index in [1.165, 1.54) is 17.0 Å². The van der Waals surface area contributed by atoms with Crippen molar-refractivity contribution in [2.24, 2.45) is 5.10 Å². The molecule has 2 N–H and O–H groups in total. The van der Waals surface area contributed by atoms with Crippen molar-refractivity contribution in [3.05, 3.63) is 23.8 Å². The number of nitrogens with one attached hydrogen (secondary N) is 2. The van der Waals surface area contributed by atoms with Crippen molar-refractivity contribution < 1.29 is 0 Å². The molecule has 0 amide bonds. The molecular formula is C10H11N3. The molecule has 0 bridgehead atoms. The number of hydrazone groups is 1. The van der Waals surface area contributed by atoms with Crippen LogP contribution in [0.2, 0.25) is 0 Å². The maximum absolute atomic E-state index is 4.28. The Labute approximate surface area is 76.8 Å². The van der Waals surface area contributed by atoms with Gasteiger partial charge in [0.15, 0.2) is 0 Å². The van der Waals surface area contributed by atoms with Gasteiger partial charge in [-0.2, -0.15) is 5.10 Å². The number of rotatable bonds is 0. The molecule has 3 heteroatoms. The molecule has 0 saturated carbocycles. The Morgan fingerprint density at radius 3 is 3.15 bits per heavy atom. The van der Waals surface area contributed by atoms with Gasteiger partial charge in [-0.25, -0.2) is 0 Å². The second kappa shape index (κ2) is 2.25. The van der Waals surface area contributed by atoms with Crippen molar-refractivity contribution in [1.82, 2.24) is 0 Å². The van der Waals surface area contributed by atoms with Crippen LogP contribution in [0.3, 0.4) is 0 Å². The summed E-state index contributed by atoms with van der Waals surface area (Å²) in [5, 5.41) is 7.68. The highest BCUT2D eigenvalue weighted by atomic mass is 15.3. The lowest BCUT2D eigenvalue weighted by Crippen LogP contribution is -2.17. The Balaban J connectivity index is 2.25. The molecule has 3 nitrogen and oxygen atoms in total. The third-order valence-corrected chi connectivity index (χ3v) is 2.81. The second-order valence-corrected chi connectivity index (χ2v) is 3.57. The monoisotopic (exact) mass is 173 g/mol. The van der Waals surface area contributed by atoms with Gasteiger partial charge in [0.05, 0.1) is 5.69 Å². The number of anilines is 2. The second-order valence-electron chi connectivity index (χ2n) is 3.57. The maximum Gasteiger partial charge on any atom is 0.0621 e. The van der Waals surface area contributed by atoms with Gasteiger partial charge in [-0.15, -0.1) is 0 Å². The summed E-state index contributed by atoms with van der Waals surface area (Å²) in [6, 6.07) is 6.25. The predicted molar refractivity (Wildman–Crippen MR) is 54.4 cm³/mol. The zero-order chi connectivity index (χ0) is 8.84. The van der Waals surface area contributed by atoms with Gasteiger partial charge in [-0.3, -0.25) is 5.43 Å². The summed E-state index contributed by atoms with van der Waals surface area (Å²) in [6.07, 6.45) is 0. The third-order valence-electron chi connectivity index (χ3n) is 2.81. The Morgan fingerprint density at radius 2 is 2.23 bits per heavy atom. The van der Waals surface area contributed by atoms with E-state index in [4.69, 9.17) is 0 Å². The quantitative estimate of drug-likeness (QED) is 0.629. The summed E-state index contributed by atoms with van der Waals surface area (Å²) in [7, 11) is 0. The van der Waals surface area contributed by atoms with Crippen molar-refractivity contribution in [2.75, 3.05) is 17.3 Å². The molecule has 1 aromatic carbocycles. The molecule has 0 saturated heterocycles. The smallest absolute Gasteiger partial charge is 0.0621 e. The summed E-state index contributed by atoms with van der Waals surface area (Å²) in [5.74, 6) is 0.479. The molecule has 13 heavy (non-hydrogen) atoms. The van der Waals surface area contributed by atoms with E-state index in [2.05, 4.69) is 34.9 Å². The van der Waals surface area contributed by atoms with Crippen LogP contribution in [0.4, 0.5) is 11.4 Å². The van der Waals surface area contributed by atoms with Crippen molar-refractivity contribution in [2.45, 2.75) is 12.8 Å². The summed E-state index contributed by atoms with van der Waals surface area (Å²) < 4.78 is 0. The number of benzene rings is 1. The summed E-state index contributed by atoms with van der Waals surface area (Å²) in [6.45, 7) is 3.06. The van der Waals surface area contributed by atoms with E-state index < -0.39 is 0 Å². The van der Waals surface area contributed by atoms with E-state index in [0.29, 0.717) is 5.92 Å². The molecule has 0 spiro atoms. The van der Waals surface area contributed by atoms with Crippen LogP contribution in [-0.4, -0.2) is 12.3 Å². The van der Waals surface area contributed by atoms with Crippen molar-refractivity contribution >= 4 is 17.1 Å². The average Bonchev–Trinajstić information content (AvgIpc) is 2.57. The minimum atomic E-state index is 0.479. The first-order chi connectivity index (χ1) is 6.36. The van der Waals surface area contributed by atoms with E-state index in [1.807, 2.05) is 6.07 Å². The Morgan fingerprint density at radius 1 is 1.38 bits per heavy atom. The molecular weight excluding hydrogens is 162 g/mol. The van der Waals surface area contributed by atoms with Gasteiger partial charge in [-0.1, -0.05) is 6.07 Å². The minimum absolute atomic E-state index is 0.479.